The van der Waals surface area contributed by atoms with Crippen LogP contribution < -0.4 is 4.74 Å². The molecule has 1 aromatic carbocycles. The molecule has 0 radical (unpaired) electrons. The summed E-state index contributed by atoms with van der Waals surface area (Å²) in [6.07, 6.45) is 2.12. The average molecular weight is 391 g/mol. The van der Waals surface area contributed by atoms with Gasteiger partial charge >= 0.3 is 6.09 Å². The number of halogens is 1. The summed E-state index contributed by atoms with van der Waals surface area (Å²) >= 11 is 6.21. The van der Waals surface area contributed by atoms with Crippen LogP contribution >= 0.6 is 11.6 Å². The maximum absolute atomic E-state index is 11.8. The molecule has 0 unspecified atom stereocenters. The number of nitrogens with zero attached hydrogens (tertiary/aromatic N) is 2. The Kier molecular flexibility index (Phi) is 4.95. The zero-order valence-corrected chi connectivity index (χ0v) is 16.3. The molecule has 27 heavy (non-hydrogen) atoms. The summed E-state index contributed by atoms with van der Waals surface area (Å²) in [7, 11) is 0. The van der Waals surface area contributed by atoms with Gasteiger partial charge in [0.2, 0.25) is 0 Å². The highest BCUT2D eigenvalue weighted by Gasteiger charge is 2.55. The van der Waals surface area contributed by atoms with E-state index in [1.165, 1.54) is 11.1 Å². The lowest BCUT2D eigenvalue weighted by molar-refractivity contribution is 0.0399. The smallest absolute Gasteiger partial charge is 0.408 e. The van der Waals surface area contributed by atoms with Crippen LogP contribution in [0.2, 0.25) is 5.15 Å². The van der Waals surface area contributed by atoms with Crippen LogP contribution in [0.1, 0.15) is 33.6 Å². The highest BCUT2D eigenvalue weighted by atomic mass is 35.5. The third-order valence-corrected chi connectivity index (χ3v) is 4.96. The topological polar surface area (TPSA) is 82.9 Å². The molecule has 144 valence electrons. The lowest BCUT2D eigenvalue weighted by Crippen LogP contribution is -2.55. The van der Waals surface area contributed by atoms with Crippen LogP contribution in [0.4, 0.5) is 4.79 Å². The SMILES string of the molecule is CC(C)(C)N(C(=O)O)C1(COc2cnc(Cl)c(-c3ccc(O)cc3)c2)CC1. The number of phenolic OH excluding ortho intramolecular Hbond substituents is 1. The highest BCUT2D eigenvalue weighted by Crippen LogP contribution is 2.45. The van der Waals surface area contributed by atoms with Gasteiger partial charge in [-0.3, -0.25) is 4.90 Å². The van der Waals surface area contributed by atoms with Crippen LogP contribution in [0.3, 0.4) is 0 Å². The quantitative estimate of drug-likeness (QED) is 0.716. The molecule has 1 aromatic heterocycles. The molecule has 1 fully saturated rings. The van der Waals surface area contributed by atoms with Gasteiger partial charge in [0, 0.05) is 11.1 Å². The number of hydrogen-bond donors (Lipinski definition) is 2. The van der Waals surface area contributed by atoms with E-state index < -0.39 is 17.2 Å². The molecule has 0 aliphatic heterocycles. The van der Waals surface area contributed by atoms with Gasteiger partial charge in [0.05, 0.1) is 11.7 Å². The van der Waals surface area contributed by atoms with Crippen molar-refractivity contribution in [2.24, 2.45) is 0 Å². The molecule has 1 saturated carbocycles. The minimum atomic E-state index is -0.942. The van der Waals surface area contributed by atoms with Gasteiger partial charge in [-0.05, 0) is 57.4 Å². The van der Waals surface area contributed by atoms with Crippen molar-refractivity contribution < 1.29 is 19.7 Å². The summed E-state index contributed by atoms with van der Waals surface area (Å²) in [4.78, 5) is 17.4. The van der Waals surface area contributed by atoms with Crippen LogP contribution in [0, 0.1) is 0 Å². The van der Waals surface area contributed by atoms with Crippen molar-refractivity contribution >= 4 is 17.7 Å². The van der Waals surface area contributed by atoms with Crippen molar-refractivity contribution in [3.63, 3.8) is 0 Å². The summed E-state index contributed by atoms with van der Waals surface area (Å²) in [6.45, 7) is 5.91. The van der Waals surface area contributed by atoms with Crippen molar-refractivity contribution in [2.75, 3.05) is 6.61 Å². The summed E-state index contributed by atoms with van der Waals surface area (Å²) < 4.78 is 5.92. The molecule has 2 aromatic rings. The number of amides is 1. The molecule has 1 amide bonds. The Morgan fingerprint density at radius 1 is 1.30 bits per heavy atom. The van der Waals surface area contributed by atoms with Gasteiger partial charge in [-0.15, -0.1) is 0 Å². The van der Waals surface area contributed by atoms with Crippen molar-refractivity contribution in [3.05, 3.63) is 41.7 Å². The first-order valence-corrected chi connectivity index (χ1v) is 9.11. The number of carbonyl (C=O) groups is 1. The number of carboxylic acid groups (broad SMARTS) is 1. The molecule has 0 saturated heterocycles. The number of benzene rings is 1. The monoisotopic (exact) mass is 390 g/mol. The van der Waals surface area contributed by atoms with Gasteiger partial charge in [0.15, 0.2) is 0 Å². The lowest BCUT2D eigenvalue weighted by Gasteiger charge is -2.40. The highest BCUT2D eigenvalue weighted by molar-refractivity contribution is 6.32. The van der Waals surface area contributed by atoms with Gasteiger partial charge in [-0.2, -0.15) is 0 Å². The predicted octanol–water partition coefficient (Wildman–Crippen LogP) is 4.80. The van der Waals surface area contributed by atoms with Gasteiger partial charge in [0.25, 0.3) is 0 Å². The minimum absolute atomic E-state index is 0.168. The van der Waals surface area contributed by atoms with E-state index in [1.54, 1.807) is 30.3 Å². The molecule has 1 heterocycles. The Bertz CT molecular complexity index is 842. The minimum Gasteiger partial charge on any atom is -0.508 e. The second-order valence-electron chi connectivity index (χ2n) is 7.86. The fourth-order valence-electron chi connectivity index (χ4n) is 3.35. The first kappa shape index (κ1) is 19.3. The zero-order chi connectivity index (χ0) is 19.8. The summed E-state index contributed by atoms with van der Waals surface area (Å²) in [6, 6.07) is 8.42. The Morgan fingerprint density at radius 2 is 1.93 bits per heavy atom. The molecular formula is C20H23ClN2O4. The normalized spacial score (nSPS) is 15.3. The molecule has 0 spiro atoms. The third kappa shape index (κ3) is 4.11. The Morgan fingerprint density at radius 3 is 2.44 bits per heavy atom. The van der Waals surface area contributed by atoms with E-state index in [9.17, 15) is 15.0 Å². The molecule has 0 bridgehead atoms. The summed E-state index contributed by atoms with van der Waals surface area (Å²) in [5.41, 5.74) is 0.465. The zero-order valence-electron chi connectivity index (χ0n) is 15.6. The maximum atomic E-state index is 11.8. The van der Waals surface area contributed by atoms with E-state index in [1.807, 2.05) is 20.8 Å². The number of pyridine rings is 1. The summed E-state index contributed by atoms with van der Waals surface area (Å²) in [5.74, 6) is 0.690. The van der Waals surface area contributed by atoms with Crippen molar-refractivity contribution in [1.82, 2.24) is 9.88 Å². The average Bonchev–Trinajstić information content (AvgIpc) is 3.33. The second kappa shape index (κ2) is 6.93. The van der Waals surface area contributed by atoms with E-state index >= 15 is 0 Å². The molecule has 1 aliphatic carbocycles. The van der Waals surface area contributed by atoms with Crippen LogP contribution in [0.5, 0.6) is 11.5 Å². The number of aromatic hydroxyl groups is 1. The fraction of sp³-hybridized carbons (Fsp3) is 0.400. The second-order valence-corrected chi connectivity index (χ2v) is 8.22. The standard InChI is InChI=1S/C20H23ClN2O4/c1-19(2,3)23(18(25)26)20(8-9-20)12-27-15-10-16(17(21)22-11-15)13-4-6-14(24)7-5-13/h4-7,10-11,24H,8-9,12H2,1-3H3,(H,25,26). The van der Waals surface area contributed by atoms with Crippen molar-refractivity contribution in [3.8, 4) is 22.6 Å². The van der Waals surface area contributed by atoms with Gasteiger partial charge in [-0.25, -0.2) is 9.78 Å². The van der Waals surface area contributed by atoms with Gasteiger partial charge < -0.3 is 14.9 Å². The first-order valence-electron chi connectivity index (χ1n) is 8.73. The van der Waals surface area contributed by atoms with E-state index in [2.05, 4.69) is 4.98 Å². The fourth-order valence-corrected chi connectivity index (χ4v) is 3.56. The third-order valence-electron chi connectivity index (χ3n) is 4.66. The van der Waals surface area contributed by atoms with Crippen LogP contribution in [0.15, 0.2) is 36.5 Å². The molecule has 2 N–H and O–H groups in total. The van der Waals surface area contributed by atoms with E-state index in [0.717, 1.165) is 18.4 Å². The Balaban J connectivity index is 1.80. The molecule has 1 aliphatic rings. The lowest BCUT2D eigenvalue weighted by atomic mass is 10.0. The van der Waals surface area contributed by atoms with Crippen LogP contribution in [-0.4, -0.2) is 43.9 Å². The maximum Gasteiger partial charge on any atom is 0.408 e. The molecule has 0 atom stereocenters. The van der Waals surface area contributed by atoms with E-state index in [-0.39, 0.29) is 12.4 Å². The summed E-state index contributed by atoms with van der Waals surface area (Å²) in [5, 5.41) is 19.4. The van der Waals surface area contributed by atoms with Gasteiger partial charge in [0.1, 0.15) is 23.3 Å². The predicted molar refractivity (Wildman–Crippen MR) is 103 cm³/mol. The van der Waals surface area contributed by atoms with E-state index in [4.69, 9.17) is 16.3 Å². The largest absolute Gasteiger partial charge is 0.508 e. The van der Waals surface area contributed by atoms with Crippen molar-refractivity contribution in [1.29, 1.82) is 0 Å². The Labute approximate surface area is 163 Å². The van der Waals surface area contributed by atoms with Crippen LogP contribution in [0.25, 0.3) is 11.1 Å². The number of ether oxygens (including phenoxy) is 1. The first-order chi connectivity index (χ1) is 12.6. The molecule has 3 rings (SSSR count). The van der Waals surface area contributed by atoms with Gasteiger partial charge in [-0.1, -0.05) is 23.7 Å². The number of rotatable bonds is 5. The Hall–Kier alpha value is -2.47. The van der Waals surface area contributed by atoms with E-state index in [0.29, 0.717) is 16.5 Å². The van der Waals surface area contributed by atoms with Crippen LogP contribution in [-0.2, 0) is 0 Å². The number of hydrogen-bond acceptors (Lipinski definition) is 4. The number of aromatic nitrogens is 1. The molecule has 6 nitrogen and oxygen atoms in total. The van der Waals surface area contributed by atoms with Crippen molar-refractivity contribution in [2.45, 2.75) is 44.7 Å². The number of phenols is 1. The molecule has 7 heteroatoms. The molecular weight excluding hydrogens is 368 g/mol.